The van der Waals surface area contributed by atoms with Gasteiger partial charge in [-0.3, -0.25) is 10.1 Å². The number of amides is 1. The van der Waals surface area contributed by atoms with E-state index in [2.05, 4.69) is 10.3 Å². The van der Waals surface area contributed by atoms with Gasteiger partial charge in [0.2, 0.25) is 0 Å². The smallest absolute Gasteiger partial charge is 0.257 e. The van der Waals surface area contributed by atoms with Crippen LogP contribution in [0.4, 0.5) is 18.3 Å². The van der Waals surface area contributed by atoms with Crippen LogP contribution >= 0.6 is 11.3 Å². The number of nitrogens with zero attached hydrogens (tertiary/aromatic N) is 1. The van der Waals surface area contributed by atoms with E-state index in [0.717, 1.165) is 29.5 Å². The van der Waals surface area contributed by atoms with E-state index in [1.165, 1.54) is 18.2 Å². The van der Waals surface area contributed by atoms with E-state index in [4.69, 9.17) is 0 Å². The number of benzene rings is 2. The third-order valence-corrected chi connectivity index (χ3v) is 3.64. The number of thiazole rings is 1. The Balaban J connectivity index is 1.91. The average Bonchev–Trinajstić information content (AvgIpc) is 2.81. The lowest BCUT2D eigenvalue weighted by atomic mass is 10.2. The lowest BCUT2D eigenvalue weighted by molar-refractivity contribution is 0.102. The predicted octanol–water partition coefficient (Wildman–Crippen LogP) is 3.97. The summed E-state index contributed by atoms with van der Waals surface area (Å²) in [5.41, 5.74) is 0.0943. The molecular weight excluding hydrogens is 301 g/mol. The summed E-state index contributed by atoms with van der Waals surface area (Å²) in [4.78, 5) is 15.8. The number of carbonyl (C=O) groups is 1. The SMILES string of the molecule is O=C(Nc1nc2c(F)cc(F)cc2s1)c1cccc(F)c1. The summed E-state index contributed by atoms with van der Waals surface area (Å²) in [5, 5.41) is 2.55. The standard InChI is InChI=1S/C14H7F3N2OS/c15-8-3-1-2-7(4-8)13(20)19-14-18-12-10(17)5-9(16)6-11(12)21-14/h1-6H,(H,18,19,20). The molecule has 3 aromatic rings. The minimum absolute atomic E-state index is 0.0176. The number of nitrogens with one attached hydrogen (secondary N) is 1. The first-order valence-corrected chi connectivity index (χ1v) is 6.67. The molecule has 0 saturated heterocycles. The van der Waals surface area contributed by atoms with Crippen LogP contribution in [0.5, 0.6) is 0 Å². The van der Waals surface area contributed by atoms with E-state index in [1.54, 1.807) is 0 Å². The fraction of sp³-hybridized carbons (Fsp3) is 0. The molecule has 0 saturated carbocycles. The van der Waals surface area contributed by atoms with Crippen molar-refractivity contribution < 1.29 is 18.0 Å². The van der Waals surface area contributed by atoms with Crippen LogP contribution in [0, 0.1) is 17.5 Å². The number of hydrogen-bond acceptors (Lipinski definition) is 3. The molecule has 1 aromatic heterocycles. The largest absolute Gasteiger partial charge is 0.298 e. The molecule has 21 heavy (non-hydrogen) atoms. The van der Waals surface area contributed by atoms with Crippen molar-refractivity contribution in [3.63, 3.8) is 0 Å². The normalized spacial score (nSPS) is 10.8. The number of carbonyl (C=O) groups excluding carboxylic acids is 1. The maximum absolute atomic E-state index is 13.5. The maximum atomic E-state index is 13.5. The second-order valence-electron chi connectivity index (χ2n) is 4.22. The third-order valence-electron chi connectivity index (χ3n) is 2.72. The topological polar surface area (TPSA) is 42.0 Å². The zero-order chi connectivity index (χ0) is 15.0. The minimum Gasteiger partial charge on any atom is -0.298 e. The second kappa shape index (κ2) is 5.17. The van der Waals surface area contributed by atoms with Crippen LogP contribution in [-0.2, 0) is 0 Å². The Morgan fingerprint density at radius 2 is 1.90 bits per heavy atom. The summed E-state index contributed by atoms with van der Waals surface area (Å²) in [6, 6.07) is 6.98. The van der Waals surface area contributed by atoms with Crippen LogP contribution in [0.15, 0.2) is 36.4 Å². The van der Waals surface area contributed by atoms with Crippen LogP contribution in [0.3, 0.4) is 0 Å². The molecule has 0 radical (unpaired) electrons. The van der Waals surface area contributed by atoms with E-state index >= 15 is 0 Å². The molecule has 1 amide bonds. The van der Waals surface area contributed by atoms with Crippen molar-refractivity contribution in [3.8, 4) is 0 Å². The first kappa shape index (κ1) is 13.6. The van der Waals surface area contributed by atoms with Gasteiger partial charge in [-0.15, -0.1) is 0 Å². The molecule has 3 rings (SSSR count). The van der Waals surface area contributed by atoms with E-state index in [-0.39, 0.29) is 20.9 Å². The van der Waals surface area contributed by atoms with Crippen LogP contribution in [0.1, 0.15) is 10.4 Å². The second-order valence-corrected chi connectivity index (χ2v) is 5.25. The molecule has 0 aliphatic heterocycles. The molecule has 2 aromatic carbocycles. The van der Waals surface area contributed by atoms with Gasteiger partial charge in [0.25, 0.3) is 5.91 Å². The number of fused-ring (bicyclic) bond motifs is 1. The van der Waals surface area contributed by atoms with Crippen LogP contribution in [-0.4, -0.2) is 10.9 Å². The molecule has 1 N–H and O–H groups in total. The Morgan fingerprint density at radius 3 is 2.67 bits per heavy atom. The molecule has 0 aliphatic carbocycles. The van der Waals surface area contributed by atoms with Gasteiger partial charge in [-0.1, -0.05) is 17.4 Å². The van der Waals surface area contributed by atoms with Gasteiger partial charge in [0, 0.05) is 11.6 Å². The van der Waals surface area contributed by atoms with Gasteiger partial charge in [-0.25, -0.2) is 18.2 Å². The zero-order valence-corrected chi connectivity index (χ0v) is 11.2. The summed E-state index contributed by atoms with van der Waals surface area (Å²) in [6.07, 6.45) is 0. The molecule has 0 fully saturated rings. The van der Waals surface area contributed by atoms with Crippen molar-refractivity contribution in [1.82, 2.24) is 4.98 Å². The van der Waals surface area contributed by atoms with E-state index in [1.807, 2.05) is 0 Å². The predicted molar refractivity (Wildman–Crippen MR) is 73.9 cm³/mol. The molecule has 7 heteroatoms. The summed E-state index contributed by atoms with van der Waals surface area (Å²) in [5.74, 6) is -2.63. The van der Waals surface area contributed by atoms with Gasteiger partial charge in [0.15, 0.2) is 10.9 Å². The lowest BCUT2D eigenvalue weighted by Crippen LogP contribution is -2.11. The molecule has 1 heterocycles. The van der Waals surface area contributed by atoms with Crippen LogP contribution < -0.4 is 5.32 Å². The van der Waals surface area contributed by atoms with Crippen molar-refractivity contribution in [2.24, 2.45) is 0 Å². The summed E-state index contributed by atoms with van der Waals surface area (Å²) >= 11 is 0.936. The molecule has 0 unspecified atom stereocenters. The first-order chi connectivity index (χ1) is 10.0. The van der Waals surface area contributed by atoms with E-state index in [0.29, 0.717) is 0 Å². The first-order valence-electron chi connectivity index (χ1n) is 5.85. The van der Waals surface area contributed by atoms with Gasteiger partial charge in [-0.05, 0) is 24.3 Å². The third kappa shape index (κ3) is 2.73. The molecule has 0 aliphatic rings. The highest BCUT2D eigenvalue weighted by Crippen LogP contribution is 2.28. The number of halogens is 3. The van der Waals surface area contributed by atoms with Crippen molar-refractivity contribution in [2.45, 2.75) is 0 Å². The van der Waals surface area contributed by atoms with Crippen molar-refractivity contribution in [3.05, 3.63) is 59.4 Å². The Kier molecular flexibility index (Phi) is 3.34. The Labute approximate surface area is 121 Å². The highest BCUT2D eigenvalue weighted by Gasteiger charge is 2.13. The van der Waals surface area contributed by atoms with Crippen molar-refractivity contribution >= 4 is 32.6 Å². The van der Waals surface area contributed by atoms with Crippen LogP contribution in [0.25, 0.3) is 10.2 Å². The quantitative estimate of drug-likeness (QED) is 0.778. The highest BCUT2D eigenvalue weighted by molar-refractivity contribution is 7.22. The van der Waals surface area contributed by atoms with Gasteiger partial charge in [-0.2, -0.15) is 0 Å². The van der Waals surface area contributed by atoms with E-state index in [9.17, 15) is 18.0 Å². The van der Waals surface area contributed by atoms with Gasteiger partial charge in [0.05, 0.1) is 4.70 Å². The Bertz CT molecular complexity index is 847. The minimum atomic E-state index is -0.799. The van der Waals surface area contributed by atoms with Gasteiger partial charge >= 0.3 is 0 Å². The molecule has 0 atom stereocenters. The summed E-state index contributed by atoms with van der Waals surface area (Å²) in [7, 11) is 0. The maximum Gasteiger partial charge on any atom is 0.257 e. The average molecular weight is 308 g/mol. The van der Waals surface area contributed by atoms with Crippen molar-refractivity contribution in [1.29, 1.82) is 0 Å². The highest BCUT2D eigenvalue weighted by atomic mass is 32.1. The fourth-order valence-corrected chi connectivity index (χ4v) is 2.71. The van der Waals surface area contributed by atoms with Crippen LogP contribution in [0.2, 0.25) is 0 Å². The number of rotatable bonds is 2. The number of aromatic nitrogens is 1. The number of hydrogen-bond donors (Lipinski definition) is 1. The molecule has 0 bridgehead atoms. The summed E-state index contributed by atoms with van der Waals surface area (Å²) < 4.78 is 39.9. The summed E-state index contributed by atoms with van der Waals surface area (Å²) in [6.45, 7) is 0. The zero-order valence-electron chi connectivity index (χ0n) is 10.4. The van der Waals surface area contributed by atoms with Gasteiger partial charge < -0.3 is 0 Å². The Hall–Kier alpha value is -2.41. The monoisotopic (exact) mass is 308 g/mol. The molecule has 106 valence electrons. The number of anilines is 1. The lowest BCUT2D eigenvalue weighted by Gasteiger charge is -2.01. The Morgan fingerprint density at radius 1 is 1.10 bits per heavy atom. The molecule has 0 spiro atoms. The fourth-order valence-electron chi connectivity index (χ4n) is 1.81. The molecule has 3 nitrogen and oxygen atoms in total. The van der Waals surface area contributed by atoms with Gasteiger partial charge in [0.1, 0.15) is 17.2 Å². The molecular formula is C14H7F3N2OS. The van der Waals surface area contributed by atoms with Crippen molar-refractivity contribution in [2.75, 3.05) is 5.32 Å². The van der Waals surface area contributed by atoms with E-state index < -0.39 is 23.4 Å².